The Balaban J connectivity index is 1.33. The number of phenols is 1. The van der Waals surface area contributed by atoms with Crippen molar-refractivity contribution in [1.82, 2.24) is 0 Å². The average Bonchev–Trinajstić information content (AvgIpc) is 3.55. The van der Waals surface area contributed by atoms with Crippen LogP contribution in [0.4, 0.5) is 37.7 Å². The second kappa shape index (κ2) is 13.0. The molecule has 8 nitrogen and oxygen atoms in total. The number of benzene rings is 4. The summed E-state index contributed by atoms with van der Waals surface area (Å²) in [4.78, 5) is 60.2. The number of hydrogen-bond donors (Lipinski definition) is 1. The number of hydrogen-bond acceptors (Lipinski definition) is 6. The SMILES string of the molecule is COc1cc(C2C3=CCC4C(=O)N(c5cc(C(F)(F)F)cc(C(F)(F)F)c5)C(=O)C4C3CC3C(=O)N(c4cccc(Cl)c4)C(=O)C32c2ccccc2)ccc1O. The Bertz CT molecular complexity index is 2330. The molecule has 0 aromatic heterocycles. The number of nitrogens with zero attached hydrogens (tertiary/aromatic N) is 2. The molecule has 1 N–H and O–H groups in total. The van der Waals surface area contributed by atoms with Gasteiger partial charge < -0.3 is 9.84 Å². The second-order valence-corrected chi connectivity index (χ2v) is 14.7. The van der Waals surface area contributed by atoms with E-state index in [9.17, 15) is 45.8 Å². The molecule has 15 heteroatoms. The molecule has 2 aliphatic carbocycles. The van der Waals surface area contributed by atoms with Crippen molar-refractivity contribution in [3.8, 4) is 11.5 Å². The Kier molecular flexibility index (Phi) is 8.64. The van der Waals surface area contributed by atoms with Crippen molar-refractivity contribution in [2.24, 2.45) is 23.7 Å². The summed E-state index contributed by atoms with van der Waals surface area (Å²) >= 11 is 6.32. The summed E-state index contributed by atoms with van der Waals surface area (Å²) in [6.45, 7) is 0. The molecule has 4 aromatic rings. The van der Waals surface area contributed by atoms with Crippen LogP contribution in [0.1, 0.15) is 41.0 Å². The molecule has 2 saturated heterocycles. The largest absolute Gasteiger partial charge is 0.504 e. The van der Waals surface area contributed by atoms with E-state index in [1.165, 1.54) is 25.3 Å². The Morgan fingerprint density at radius 2 is 1.43 bits per heavy atom. The second-order valence-electron chi connectivity index (χ2n) is 14.3. The zero-order chi connectivity index (χ0) is 40.1. The topological polar surface area (TPSA) is 104 Å². The quantitative estimate of drug-likeness (QED) is 0.124. The molecule has 0 spiro atoms. The van der Waals surface area contributed by atoms with Crippen LogP contribution in [0.2, 0.25) is 5.02 Å². The molecule has 56 heavy (non-hydrogen) atoms. The fourth-order valence-corrected chi connectivity index (χ4v) is 9.50. The molecular formula is C41H29ClF6N2O6. The minimum absolute atomic E-state index is 0.0328. The Hall–Kier alpha value is -5.63. The minimum Gasteiger partial charge on any atom is -0.504 e. The first-order chi connectivity index (χ1) is 26.5. The fraction of sp³-hybridized carbons (Fsp3) is 0.268. The van der Waals surface area contributed by atoms with Gasteiger partial charge in [-0.2, -0.15) is 26.3 Å². The molecule has 1 saturated carbocycles. The summed E-state index contributed by atoms with van der Waals surface area (Å²) in [7, 11) is 1.32. The number of allylic oxidation sites excluding steroid dienone is 2. The maximum absolute atomic E-state index is 15.3. The van der Waals surface area contributed by atoms with Gasteiger partial charge in [0.05, 0.1) is 52.8 Å². The molecule has 8 rings (SSSR count). The van der Waals surface area contributed by atoms with E-state index in [1.807, 2.05) is 0 Å². The molecular weight excluding hydrogens is 766 g/mol. The highest BCUT2D eigenvalue weighted by atomic mass is 35.5. The van der Waals surface area contributed by atoms with Gasteiger partial charge in [0.2, 0.25) is 23.6 Å². The van der Waals surface area contributed by atoms with Crippen LogP contribution in [0.25, 0.3) is 0 Å². The van der Waals surface area contributed by atoms with Crippen molar-refractivity contribution in [2.45, 2.75) is 36.5 Å². The van der Waals surface area contributed by atoms with Crippen LogP contribution in [0.15, 0.2) is 103 Å². The first kappa shape index (κ1) is 37.3. The van der Waals surface area contributed by atoms with E-state index in [4.69, 9.17) is 16.3 Å². The van der Waals surface area contributed by atoms with Gasteiger partial charge in [-0.05, 0) is 78.4 Å². The Morgan fingerprint density at radius 1 is 0.750 bits per heavy atom. The summed E-state index contributed by atoms with van der Waals surface area (Å²) in [5.74, 6) is -9.21. The molecule has 0 radical (unpaired) electrons. The number of fused-ring (bicyclic) bond motifs is 4. The number of aromatic hydroxyl groups is 1. The van der Waals surface area contributed by atoms with Crippen molar-refractivity contribution in [3.63, 3.8) is 0 Å². The van der Waals surface area contributed by atoms with Crippen LogP contribution < -0.4 is 14.5 Å². The lowest BCUT2D eigenvalue weighted by Gasteiger charge is -2.50. The molecule has 4 aliphatic rings. The standard InChI is InChI=1S/C41H29ClF6N2O6/c1-56-32-14-20(10-13-31(32)51)34-27-11-12-28-33(37(54)49(35(28)52)26-16-22(40(43,44)45)15-23(17-26)41(46,47)48)29(27)19-30-36(53)50(25-9-5-8-24(42)18-25)38(55)39(30,34)21-6-3-2-4-7-21/h2-11,13-18,28-30,33-34,51H,12,19H2,1H3. The van der Waals surface area contributed by atoms with Crippen molar-refractivity contribution >= 4 is 46.6 Å². The molecule has 6 unspecified atom stereocenters. The van der Waals surface area contributed by atoms with Crippen molar-refractivity contribution in [2.75, 3.05) is 16.9 Å². The molecule has 3 fully saturated rings. The number of carbonyl (C=O) groups is 4. The summed E-state index contributed by atoms with van der Waals surface area (Å²) in [5.41, 5.74) is -4.46. The van der Waals surface area contributed by atoms with Crippen LogP contribution in [-0.4, -0.2) is 35.8 Å². The van der Waals surface area contributed by atoms with Crippen LogP contribution >= 0.6 is 11.6 Å². The van der Waals surface area contributed by atoms with Crippen LogP contribution in [-0.2, 0) is 36.9 Å². The Morgan fingerprint density at radius 3 is 2.05 bits per heavy atom. The lowest BCUT2D eigenvalue weighted by molar-refractivity contribution is -0.143. The molecule has 2 aliphatic heterocycles. The number of rotatable bonds is 5. The van der Waals surface area contributed by atoms with Gasteiger partial charge in [0, 0.05) is 10.9 Å². The van der Waals surface area contributed by atoms with Crippen LogP contribution in [0, 0.1) is 23.7 Å². The first-order valence-electron chi connectivity index (χ1n) is 17.4. The summed E-state index contributed by atoms with van der Waals surface area (Å²) in [6, 6.07) is 19.7. The van der Waals surface area contributed by atoms with E-state index in [0.29, 0.717) is 33.7 Å². The predicted molar refractivity (Wildman–Crippen MR) is 190 cm³/mol. The summed E-state index contributed by atoms with van der Waals surface area (Å²) in [6.07, 6.45) is -9.13. The number of carbonyl (C=O) groups excluding carboxylic acids is 4. The van der Waals surface area contributed by atoms with Gasteiger partial charge >= 0.3 is 12.4 Å². The molecule has 2 heterocycles. The third kappa shape index (κ3) is 5.51. The number of alkyl halides is 6. The van der Waals surface area contributed by atoms with Gasteiger partial charge in [0.1, 0.15) is 0 Å². The van der Waals surface area contributed by atoms with E-state index in [2.05, 4.69) is 0 Å². The van der Waals surface area contributed by atoms with E-state index in [0.717, 1.165) is 4.90 Å². The van der Waals surface area contributed by atoms with Crippen LogP contribution in [0.3, 0.4) is 0 Å². The lowest BCUT2D eigenvalue weighted by Crippen LogP contribution is -2.53. The molecule has 4 amide bonds. The number of amides is 4. The van der Waals surface area contributed by atoms with Crippen molar-refractivity contribution in [1.29, 1.82) is 0 Å². The minimum atomic E-state index is -5.24. The first-order valence-corrected chi connectivity index (χ1v) is 17.8. The van der Waals surface area contributed by atoms with E-state index in [-0.39, 0.29) is 41.1 Å². The Labute approximate surface area is 319 Å². The third-order valence-corrected chi connectivity index (χ3v) is 11.8. The smallest absolute Gasteiger partial charge is 0.416 e. The lowest BCUT2D eigenvalue weighted by atomic mass is 9.49. The van der Waals surface area contributed by atoms with Crippen molar-refractivity contribution < 1.29 is 55.4 Å². The number of phenolic OH excluding ortho intramolecular Hbond substituents is 1. The fourth-order valence-electron chi connectivity index (χ4n) is 9.31. The molecule has 288 valence electrons. The average molecular weight is 795 g/mol. The van der Waals surface area contributed by atoms with Crippen LogP contribution in [0.5, 0.6) is 11.5 Å². The van der Waals surface area contributed by atoms with Gasteiger partial charge in [-0.25, -0.2) is 9.80 Å². The van der Waals surface area contributed by atoms with Gasteiger partial charge in [-0.1, -0.05) is 65.7 Å². The molecule has 4 aromatic carbocycles. The van der Waals surface area contributed by atoms with Gasteiger partial charge in [-0.3, -0.25) is 19.2 Å². The zero-order valence-electron chi connectivity index (χ0n) is 29.1. The summed E-state index contributed by atoms with van der Waals surface area (Å²) in [5, 5.41) is 10.8. The normalized spacial score (nSPS) is 26.2. The van der Waals surface area contributed by atoms with E-state index < -0.39 is 87.8 Å². The number of halogens is 7. The zero-order valence-corrected chi connectivity index (χ0v) is 29.8. The highest BCUT2D eigenvalue weighted by Crippen LogP contribution is 2.65. The number of anilines is 2. The highest BCUT2D eigenvalue weighted by molar-refractivity contribution is 6.32. The van der Waals surface area contributed by atoms with Gasteiger partial charge in [0.25, 0.3) is 0 Å². The number of ether oxygens (including phenoxy) is 1. The number of imide groups is 2. The summed E-state index contributed by atoms with van der Waals surface area (Å²) < 4.78 is 88.9. The third-order valence-electron chi connectivity index (χ3n) is 11.5. The maximum atomic E-state index is 15.3. The predicted octanol–water partition coefficient (Wildman–Crippen LogP) is 8.46. The van der Waals surface area contributed by atoms with E-state index in [1.54, 1.807) is 60.7 Å². The van der Waals surface area contributed by atoms with Crippen molar-refractivity contribution in [3.05, 3.63) is 130 Å². The monoisotopic (exact) mass is 794 g/mol. The molecule has 0 bridgehead atoms. The van der Waals surface area contributed by atoms with E-state index >= 15 is 4.79 Å². The highest BCUT2D eigenvalue weighted by Gasteiger charge is 2.70. The van der Waals surface area contributed by atoms with Gasteiger partial charge in [0.15, 0.2) is 11.5 Å². The number of methoxy groups -OCH3 is 1. The van der Waals surface area contributed by atoms with Gasteiger partial charge in [-0.15, -0.1) is 0 Å². The molecule has 6 atom stereocenters. The maximum Gasteiger partial charge on any atom is 0.416 e.